The Morgan fingerprint density at radius 2 is 1.90 bits per heavy atom. The number of hydrogen-bond acceptors (Lipinski definition) is 3. The van der Waals surface area contributed by atoms with Gasteiger partial charge in [-0.15, -0.1) is 0 Å². The van der Waals surface area contributed by atoms with E-state index in [0.717, 1.165) is 16.5 Å². The number of carboxylic acids is 1. The maximum absolute atomic E-state index is 11.3. The summed E-state index contributed by atoms with van der Waals surface area (Å²) < 4.78 is 0. The summed E-state index contributed by atoms with van der Waals surface area (Å²) in [6.07, 6.45) is 5.25. The van der Waals surface area contributed by atoms with Crippen molar-refractivity contribution in [3.05, 3.63) is 48.2 Å². The average molecular weight is 307 g/mol. The SMILES string of the molecule is CC(C)(C)[C@H](/C=C/c1cccc2cccnc12)C(=O)[O-].[K+]. The topological polar surface area (TPSA) is 53.0 Å². The van der Waals surface area contributed by atoms with E-state index in [4.69, 9.17) is 0 Å². The van der Waals surface area contributed by atoms with Gasteiger partial charge in [-0.2, -0.15) is 0 Å². The zero-order chi connectivity index (χ0) is 14.8. The molecule has 3 nitrogen and oxygen atoms in total. The molecule has 1 atom stereocenters. The maximum atomic E-state index is 11.3. The van der Waals surface area contributed by atoms with Crippen LogP contribution in [0.4, 0.5) is 0 Å². The molecule has 1 heterocycles. The van der Waals surface area contributed by atoms with Gasteiger partial charge in [-0.3, -0.25) is 4.98 Å². The first-order valence-electron chi connectivity index (χ1n) is 6.62. The van der Waals surface area contributed by atoms with Gasteiger partial charge in [0.25, 0.3) is 0 Å². The molecule has 104 valence electrons. The van der Waals surface area contributed by atoms with Crippen molar-refractivity contribution in [3.63, 3.8) is 0 Å². The van der Waals surface area contributed by atoms with Crippen LogP contribution in [0.25, 0.3) is 17.0 Å². The molecule has 0 fully saturated rings. The molecule has 0 saturated carbocycles. The molecule has 0 aliphatic carbocycles. The summed E-state index contributed by atoms with van der Waals surface area (Å²) in [6, 6.07) is 9.73. The fraction of sp³-hybridized carbons (Fsp3) is 0.294. The van der Waals surface area contributed by atoms with Gasteiger partial charge in [-0.1, -0.05) is 57.2 Å². The molecule has 2 aromatic rings. The predicted molar refractivity (Wildman–Crippen MR) is 78.7 cm³/mol. The summed E-state index contributed by atoms with van der Waals surface area (Å²) in [5.41, 5.74) is 1.41. The number of hydrogen-bond donors (Lipinski definition) is 0. The van der Waals surface area contributed by atoms with Crippen LogP contribution in [0.3, 0.4) is 0 Å². The molecule has 0 spiro atoms. The molecule has 0 saturated heterocycles. The molecule has 0 aliphatic heterocycles. The minimum Gasteiger partial charge on any atom is -0.549 e. The Labute approximate surface area is 167 Å². The minimum absolute atomic E-state index is 0. The van der Waals surface area contributed by atoms with Gasteiger partial charge in [0, 0.05) is 29.0 Å². The second-order valence-electron chi connectivity index (χ2n) is 5.94. The first-order chi connectivity index (χ1) is 9.39. The Morgan fingerprint density at radius 3 is 2.52 bits per heavy atom. The Hall–Kier alpha value is -0.524. The summed E-state index contributed by atoms with van der Waals surface area (Å²) in [6.45, 7) is 5.66. The van der Waals surface area contributed by atoms with Gasteiger partial charge in [-0.05, 0) is 11.5 Å². The van der Waals surface area contributed by atoms with Crippen molar-refractivity contribution in [2.45, 2.75) is 20.8 Å². The van der Waals surface area contributed by atoms with Crippen LogP contribution in [-0.2, 0) is 4.79 Å². The third-order valence-corrected chi connectivity index (χ3v) is 3.32. The molecule has 0 N–H and O–H groups in total. The van der Waals surface area contributed by atoms with E-state index in [-0.39, 0.29) is 56.8 Å². The zero-order valence-corrected chi connectivity index (χ0v) is 16.1. The van der Waals surface area contributed by atoms with Crippen LogP contribution in [0.15, 0.2) is 42.6 Å². The Kier molecular flexibility index (Phi) is 6.75. The van der Waals surface area contributed by atoms with Crippen molar-refractivity contribution in [1.29, 1.82) is 0 Å². The van der Waals surface area contributed by atoms with Gasteiger partial charge in [0.05, 0.1) is 5.52 Å². The second kappa shape index (κ2) is 7.65. The fourth-order valence-electron chi connectivity index (χ4n) is 2.18. The van der Waals surface area contributed by atoms with E-state index >= 15 is 0 Å². The van der Waals surface area contributed by atoms with Gasteiger partial charge >= 0.3 is 51.4 Å². The molecule has 0 radical (unpaired) electrons. The normalized spacial score (nSPS) is 13.1. The van der Waals surface area contributed by atoms with Crippen molar-refractivity contribution in [1.82, 2.24) is 4.98 Å². The van der Waals surface area contributed by atoms with E-state index in [1.54, 1.807) is 12.3 Å². The number of aromatic nitrogens is 1. The maximum Gasteiger partial charge on any atom is 1.00 e. The number of benzene rings is 1. The van der Waals surface area contributed by atoms with Crippen molar-refractivity contribution in [3.8, 4) is 0 Å². The van der Waals surface area contributed by atoms with Gasteiger partial charge < -0.3 is 9.90 Å². The number of para-hydroxylation sites is 1. The first kappa shape index (κ1) is 18.5. The number of fused-ring (bicyclic) bond motifs is 1. The summed E-state index contributed by atoms with van der Waals surface area (Å²) in [4.78, 5) is 15.6. The van der Waals surface area contributed by atoms with Crippen LogP contribution >= 0.6 is 0 Å². The summed E-state index contributed by atoms with van der Waals surface area (Å²) in [7, 11) is 0. The minimum atomic E-state index is -1.05. The van der Waals surface area contributed by atoms with Crippen molar-refractivity contribution < 1.29 is 61.3 Å². The fourth-order valence-corrected chi connectivity index (χ4v) is 2.18. The van der Waals surface area contributed by atoms with E-state index in [9.17, 15) is 9.90 Å². The molecule has 4 heteroatoms. The van der Waals surface area contributed by atoms with E-state index in [1.807, 2.05) is 57.2 Å². The van der Waals surface area contributed by atoms with Crippen LogP contribution in [-0.4, -0.2) is 11.0 Å². The van der Waals surface area contributed by atoms with Crippen molar-refractivity contribution >= 4 is 22.9 Å². The van der Waals surface area contributed by atoms with Crippen molar-refractivity contribution in [2.75, 3.05) is 0 Å². The molecule has 1 aromatic carbocycles. The number of carbonyl (C=O) groups excluding carboxylic acids is 1. The van der Waals surface area contributed by atoms with E-state index in [2.05, 4.69) is 4.98 Å². The Morgan fingerprint density at radius 1 is 1.24 bits per heavy atom. The summed E-state index contributed by atoms with van der Waals surface area (Å²) in [5, 5.41) is 12.3. The Bertz CT molecular complexity index is 654. The van der Waals surface area contributed by atoms with E-state index in [0.29, 0.717) is 0 Å². The molecule has 0 unspecified atom stereocenters. The van der Waals surface area contributed by atoms with Crippen LogP contribution < -0.4 is 56.5 Å². The van der Waals surface area contributed by atoms with Crippen LogP contribution in [0.2, 0.25) is 0 Å². The molecule has 0 bridgehead atoms. The number of carboxylic acid groups (broad SMARTS) is 1. The number of pyridine rings is 1. The van der Waals surface area contributed by atoms with Gasteiger partial charge in [0.1, 0.15) is 0 Å². The van der Waals surface area contributed by atoms with E-state index < -0.39 is 11.9 Å². The van der Waals surface area contributed by atoms with Crippen LogP contribution in [0, 0.1) is 11.3 Å². The number of nitrogens with zero attached hydrogens (tertiary/aromatic N) is 1. The molecule has 1 aromatic heterocycles. The number of carbonyl (C=O) groups is 1. The van der Waals surface area contributed by atoms with E-state index in [1.165, 1.54) is 0 Å². The third-order valence-electron chi connectivity index (χ3n) is 3.32. The zero-order valence-electron chi connectivity index (χ0n) is 13.0. The summed E-state index contributed by atoms with van der Waals surface area (Å²) >= 11 is 0. The Balaban J connectivity index is 0.00000220. The number of aliphatic carboxylic acids is 1. The standard InChI is InChI=1S/C17H19NO2.K/c1-17(2,3)14(16(19)20)10-9-13-7-4-6-12-8-5-11-18-15(12)13;/h4-11,14H,1-3H3,(H,19,20);/q;+1/p-1/b10-9+;/t14-;/m1./s1. The van der Waals surface area contributed by atoms with Gasteiger partial charge in [0.2, 0.25) is 0 Å². The molecular weight excluding hydrogens is 289 g/mol. The number of rotatable bonds is 3. The molecule has 2 rings (SSSR count). The van der Waals surface area contributed by atoms with Crippen LogP contribution in [0.1, 0.15) is 26.3 Å². The molecular formula is C17H18KNO2. The summed E-state index contributed by atoms with van der Waals surface area (Å²) in [5.74, 6) is -1.69. The van der Waals surface area contributed by atoms with Gasteiger partial charge in [0.15, 0.2) is 0 Å². The second-order valence-corrected chi connectivity index (χ2v) is 5.94. The smallest absolute Gasteiger partial charge is 0.549 e. The van der Waals surface area contributed by atoms with Crippen molar-refractivity contribution in [2.24, 2.45) is 11.3 Å². The van der Waals surface area contributed by atoms with Gasteiger partial charge in [-0.25, -0.2) is 0 Å². The average Bonchev–Trinajstić information content (AvgIpc) is 2.37. The molecule has 0 aliphatic rings. The quantitative estimate of drug-likeness (QED) is 0.729. The monoisotopic (exact) mass is 307 g/mol. The first-order valence-corrected chi connectivity index (χ1v) is 6.62. The largest absolute Gasteiger partial charge is 1.00 e. The molecule has 0 amide bonds. The van der Waals surface area contributed by atoms with Crippen LogP contribution in [0.5, 0.6) is 0 Å². The predicted octanol–water partition coefficient (Wildman–Crippen LogP) is -0.336. The third kappa shape index (κ3) is 4.73. The molecule has 21 heavy (non-hydrogen) atoms.